The molecule has 29 heavy (non-hydrogen) atoms. The smallest absolute Gasteiger partial charge is 0.294 e. The molecule has 0 fully saturated rings. The minimum Gasteiger partial charge on any atom is -0.477 e. The van der Waals surface area contributed by atoms with Crippen molar-refractivity contribution in [3.8, 4) is 5.75 Å². The lowest BCUT2D eigenvalue weighted by Gasteiger charge is -2.33. The Labute approximate surface area is 172 Å². The summed E-state index contributed by atoms with van der Waals surface area (Å²) < 4.78 is 11.6. The van der Waals surface area contributed by atoms with Gasteiger partial charge in [0.2, 0.25) is 0 Å². The summed E-state index contributed by atoms with van der Waals surface area (Å²) in [7, 11) is 1.54. The Kier molecular flexibility index (Phi) is 5.57. The first kappa shape index (κ1) is 19.1. The van der Waals surface area contributed by atoms with Gasteiger partial charge in [-0.25, -0.2) is 0 Å². The largest absolute Gasteiger partial charge is 0.477 e. The molecule has 4 rings (SSSR count). The Morgan fingerprint density at radius 2 is 1.83 bits per heavy atom. The molecule has 3 aromatic rings. The van der Waals surface area contributed by atoms with Crippen molar-refractivity contribution in [2.24, 2.45) is 0 Å². The molecule has 1 unspecified atom stereocenters. The second kappa shape index (κ2) is 8.45. The molecule has 0 spiro atoms. The van der Waals surface area contributed by atoms with E-state index in [0.29, 0.717) is 22.9 Å². The van der Waals surface area contributed by atoms with Crippen molar-refractivity contribution in [2.45, 2.75) is 16.8 Å². The van der Waals surface area contributed by atoms with Crippen molar-refractivity contribution in [2.75, 3.05) is 18.5 Å². The van der Waals surface area contributed by atoms with Crippen LogP contribution in [0.25, 0.3) is 0 Å². The van der Waals surface area contributed by atoms with Crippen molar-refractivity contribution < 1.29 is 18.7 Å². The second-order valence-corrected chi connectivity index (χ2v) is 7.52. The number of rotatable bonds is 5. The Bertz CT molecular complexity index is 1020. The molecule has 6 nitrogen and oxygen atoms in total. The molecule has 1 atom stereocenters. The molecule has 0 radical (unpaired) electrons. The number of hydrogen-bond acceptors (Lipinski definition) is 5. The number of hydrogen-bond donors (Lipinski definition) is 1. The van der Waals surface area contributed by atoms with Gasteiger partial charge in [0.15, 0.2) is 11.9 Å². The first-order valence-corrected chi connectivity index (χ1v) is 10.2. The standard InChI is InChI=1S/C22H20N2O4S/c1-23-21(25)20-13-24(17-9-5-6-10-18(17)28-20)22(26)19-12-11-15(27-19)14-29-16-7-3-2-4-8-16/h2-12,20H,13-14H2,1H3,(H,23,25). The van der Waals surface area contributed by atoms with E-state index in [-0.39, 0.29) is 24.1 Å². The van der Waals surface area contributed by atoms with Crippen molar-refractivity contribution >= 4 is 29.3 Å². The summed E-state index contributed by atoms with van der Waals surface area (Å²) in [5.41, 5.74) is 0.620. The van der Waals surface area contributed by atoms with Crippen molar-refractivity contribution in [3.05, 3.63) is 78.3 Å². The number of likely N-dealkylation sites (N-methyl/N-ethyl adjacent to an activating group) is 1. The Morgan fingerprint density at radius 1 is 1.07 bits per heavy atom. The molecule has 1 aliphatic rings. The van der Waals surface area contributed by atoms with Crippen LogP contribution in [0.4, 0.5) is 5.69 Å². The molecule has 2 aromatic carbocycles. The summed E-state index contributed by atoms with van der Waals surface area (Å²) in [6, 6.07) is 20.7. The van der Waals surface area contributed by atoms with Gasteiger partial charge in [-0.15, -0.1) is 11.8 Å². The van der Waals surface area contributed by atoms with E-state index in [9.17, 15) is 9.59 Å². The lowest BCUT2D eigenvalue weighted by Crippen LogP contribution is -2.50. The van der Waals surface area contributed by atoms with E-state index < -0.39 is 6.10 Å². The fourth-order valence-electron chi connectivity index (χ4n) is 3.10. The number of thioether (sulfide) groups is 1. The molecule has 148 valence electrons. The third-order valence-electron chi connectivity index (χ3n) is 4.55. The SMILES string of the molecule is CNC(=O)C1CN(C(=O)c2ccc(CSc3ccccc3)o2)c2ccccc2O1. The van der Waals surface area contributed by atoms with Crippen LogP contribution in [0.5, 0.6) is 5.75 Å². The van der Waals surface area contributed by atoms with Gasteiger partial charge < -0.3 is 14.5 Å². The lowest BCUT2D eigenvalue weighted by atomic mass is 10.1. The van der Waals surface area contributed by atoms with Crippen molar-refractivity contribution in [3.63, 3.8) is 0 Å². The number of furan rings is 1. The van der Waals surface area contributed by atoms with E-state index in [1.165, 1.54) is 4.90 Å². The molecule has 0 bridgehead atoms. The Hall–Kier alpha value is -3.19. The molecule has 2 heterocycles. The molecule has 1 aliphatic heterocycles. The maximum atomic E-state index is 13.1. The maximum Gasteiger partial charge on any atom is 0.294 e. The highest BCUT2D eigenvalue weighted by atomic mass is 32.2. The fourth-order valence-corrected chi connectivity index (χ4v) is 3.91. The Morgan fingerprint density at radius 3 is 2.62 bits per heavy atom. The zero-order valence-electron chi connectivity index (χ0n) is 15.8. The summed E-state index contributed by atoms with van der Waals surface area (Å²) in [5.74, 6) is 1.49. The zero-order chi connectivity index (χ0) is 20.2. The number of ether oxygens (including phenoxy) is 1. The van der Waals surface area contributed by atoms with E-state index in [1.807, 2.05) is 42.5 Å². The van der Waals surface area contributed by atoms with Crippen LogP contribution in [0.1, 0.15) is 16.3 Å². The van der Waals surface area contributed by atoms with Crippen molar-refractivity contribution in [1.82, 2.24) is 5.32 Å². The minimum atomic E-state index is -0.776. The highest BCUT2D eigenvalue weighted by Gasteiger charge is 2.34. The number of nitrogens with one attached hydrogen (secondary N) is 1. The van der Waals surface area contributed by atoms with Gasteiger partial charge >= 0.3 is 0 Å². The van der Waals surface area contributed by atoms with Gasteiger partial charge in [-0.2, -0.15) is 0 Å². The van der Waals surface area contributed by atoms with Crippen LogP contribution >= 0.6 is 11.8 Å². The topological polar surface area (TPSA) is 71.8 Å². The quantitative estimate of drug-likeness (QED) is 0.652. The first-order valence-electron chi connectivity index (χ1n) is 9.21. The summed E-state index contributed by atoms with van der Waals surface area (Å²) >= 11 is 1.64. The lowest BCUT2D eigenvalue weighted by molar-refractivity contribution is -0.127. The van der Waals surface area contributed by atoms with Crippen LogP contribution < -0.4 is 15.0 Å². The number of para-hydroxylation sites is 2. The van der Waals surface area contributed by atoms with Crippen LogP contribution in [0.3, 0.4) is 0 Å². The summed E-state index contributed by atoms with van der Waals surface area (Å²) in [6.07, 6.45) is -0.776. The highest BCUT2D eigenvalue weighted by molar-refractivity contribution is 7.98. The van der Waals surface area contributed by atoms with E-state index in [0.717, 1.165) is 4.90 Å². The fraction of sp³-hybridized carbons (Fsp3) is 0.182. The highest BCUT2D eigenvalue weighted by Crippen LogP contribution is 2.34. The number of carbonyl (C=O) groups excluding carboxylic acids is 2. The molecule has 0 saturated carbocycles. The molecular formula is C22H20N2O4S. The van der Waals surface area contributed by atoms with E-state index in [2.05, 4.69) is 5.32 Å². The molecule has 7 heteroatoms. The average molecular weight is 408 g/mol. The molecule has 2 amide bonds. The van der Waals surface area contributed by atoms with Gasteiger partial charge in [0.05, 0.1) is 18.0 Å². The molecule has 0 aliphatic carbocycles. The van der Waals surface area contributed by atoms with Crippen LogP contribution in [-0.2, 0) is 10.5 Å². The number of amides is 2. The van der Waals surface area contributed by atoms with Crippen LogP contribution in [-0.4, -0.2) is 31.5 Å². The maximum absolute atomic E-state index is 13.1. The number of nitrogens with zero attached hydrogens (tertiary/aromatic N) is 1. The molecular weight excluding hydrogens is 388 g/mol. The summed E-state index contributed by atoms with van der Waals surface area (Å²) in [6.45, 7) is 0.115. The summed E-state index contributed by atoms with van der Waals surface area (Å²) in [4.78, 5) is 27.9. The number of carbonyl (C=O) groups is 2. The number of anilines is 1. The van der Waals surface area contributed by atoms with Gasteiger partial charge in [0.1, 0.15) is 11.5 Å². The van der Waals surface area contributed by atoms with E-state index in [4.69, 9.17) is 9.15 Å². The zero-order valence-corrected chi connectivity index (χ0v) is 16.6. The van der Waals surface area contributed by atoms with E-state index >= 15 is 0 Å². The number of fused-ring (bicyclic) bond motifs is 1. The monoisotopic (exact) mass is 408 g/mol. The summed E-state index contributed by atoms with van der Waals surface area (Å²) in [5, 5.41) is 2.57. The van der Waals surface area contributed by atoms with Crippen LogP contribution in [0.2, 0.25) is 0 Å². The van der Waals surface area contributed by atoms with E-state index in [1.54, 1.807) is 43.1 Å². The third kappa shape index (κ3) is 4.14. The van der Waals surface area contributed by atoms with Crippen LogP contribution in [0.15, 0.2) is 76.0 Å². The van der Waals surface area contributed by atoms with Gasteiger partial charge in [-0.3, -0.25) is 14.5 Å². The molecule has 1 aromatic heterocycles. The predicted molar refractivity (Wildman–Crippen MR) is 111 cm³/mol. The predicted octanol–water partition coefficient (Wildman–Crippen LogP) is 3.73. The number of benzene rings is 2. The van der Waals surface area contributed by atoms with Gasteiger partial charge in [0, 0.05) is 11.9 Å². The molecule has 0 saturated heterocycles. The van der Waals surface area contributed by atoms with Crippen LogP contribution in [0, 0.1) is 0 Å². The minimum absolute atomic E-state index is 0.115. The third-order valence-corrected chi connectivity index (χ3v) is 5.59. The average Bonchev–Trinajstić information content (AvgIpc) is 3.25. The first-order chi connectivity index (χ1) is 14.2. The van der Waals surface area contributed by atoms with Crippen molar-refractivity contribution in [1.29, 1.82) is 0 Å². The molecule has 1 N–H and O–H groups in total. The Balaban J connectivity index is 1.52. The van der Waals surface area contributed by atoms with Gasteiger partial charge in [-0.1, -0.05) is 30.3 Å². The van der Waals surface area contributed by atoms with Gasteiger partial charge in [-0.05, 0) is 36.4 Å². The second-order valence-electron chi connectivity index (χ2n) is 6.47. The van der Waals surface area contributed by atoms with Gasteiger partial charge in [0.25, 0.3) is 11.8 Å². The normalized spacial score (nSPS) is 15.3.